The Labute approximate surface area is 159 Å². The quantitative estimate of drug-likeness (QED) is 0.454. The summed E-state index contributed by atoms with van der Waals surface area (Å²) in [6, 6.07) is 4.62. The number of aromatic nitrogens is 2. The lowest BCUT2D eigenvalue weighted by molar-refractivity contribution is 0.0990. The largest absolute Gasteiger partial charge is 0.437 e. The number of halogens is 2. The van der Waals surface area contributed by atoms with Gasteiger partial charge in [0.2, 0.25) is 5.71 Å². The fourth-order valence-corrected chi connectivity index (χ4v) is 3.52. The monoisotopic (exact) mass is 388 g/mol. The van der Waals surface area contributed by atoms with Gasteiger partial charge in [0.1, 0.15) is 17.1 Å². The van der Waals surface area contributed by atoms with E-state index in [9.17, 15) is 9.59 Å². The summed E-state index contributed by atoms with van der Waals surface area (Å²) in [5, 5.41) is 0.476. The molecule has 5 nitrogen and oxygen atoms in total. The zero-order valence-electron chi connectivity index (χ0n) is 14.3. The Morgan fingerprint density at radius 2 is 1.65 bits per heavy atom. The first-order valence-corrected chi connectivity index (χ1v) is 8.79. The summed E-state index contributed by atoms with van der Waals surface area (Å²) < 4.78 is 7.66. The van der Waals surface area contributed by atoms with Gasteiger partial charge in [-0.2, -0.15) is 4.98 Å². The third kappa shape index (κ3) is 2.42. The molecule has 26 heavy (non-hydrogen) atoms. The lowest BCUT2D eigenvalue weighted by atomic mass is 10.1. The van der Waals surface area contributed by atoms with Crippen LogP contribution < -0.4 is 0 Å². The SMILES string of the molecule is CC(C)c1nc2oc(C=C3C(=O)c4cc(Cl)c(Cl)cc4C3=O)cc2n1C. The van der Waals surface area contributed by atoms with Gasteiger partial charge in [0, 0.05) is 30.2 Å². The maximum Gasteiger partial charge on any atom is 0.245 e. The van der Waals surface area contributed by atoms with Gasteiger partial charge in [-0.15, -0.1) is 0 Å². The van der Waals surface area contributed by atoms with Crippen LogP contribution in [0.25, 0.3) is 17.3 Å². The summed E-state index contributed by atoms with van der Waals surface area (Å²) in [6.45, 7) is 4.10. The molecule has 2 heterocycles. The topological polar surface area (TPSA) is 65.1 Å². The van der Waals surface area contributed by atoms with Crippen molar-refractivity contribution < 1.29 is 14.0 Å². The van der Waals surface area contributed by atoms with Crippen LogP contribution in [0.4, 0.5) is 0 Å². The third-order valence-electron chi connectivity index (χ3n) is 4.48. The van der Waals surface area contributed by atoms with E-state index in [4.69, 9.17) is 27.6 Å². The number of hydrogen-bond donors (Lipinski definition) is 0. The van der Waals surface area contributed by atoms with E-state index >= 15 is 0 Å². The molecule has 0 bridgehead atoms. The van der Waals surface area contributed by atoms with E-state index in [-0.39, 0.29) is 44.2 Å². The Balaban J connectivity index is 1.78. The molecule has 0 fully saturated rings. The van der Waals surface area contributed by atoms with Crippen molar-refractivity contribution in [2.24, 2.45) is 7.05 Å². The highest BCUT2D eigenvalue weighted by molar-refractivity contribution is 6.46. The molecule has 1 aliphatic rings. The fraction of sp³-hybridized carbons (Fsp3) is 0.211. The van der Waals surface area contributed by atoms with Crippen molar-refractivity contribution in [1.82, 2.24) is 9.55 Å². The molecule has 4 rings (SSSR count). The Morgan fingerprint density at radius 3 is 2.15 bits per heavy atom. The predicted molar refractivity (Wildman–Crippen MR) is 100 cm³/mol. The van der Waals surface area contributed by atoms with E-state index in [1.54, 1.807) is 6.07 Å². The van der Waals surface area contributed by atoms with E-state index in [2.05, 4.69) is 4.98 Å². The molecule has 2 aromatic heterocycles. The number of allylic oxidation sites excluding steroid dienone is 1. The van der Waals surface area contributed by atoms with E-state index in [1.807, 2.05) is 25.5 Å². The third-order valence-corrected chi connectivity index (χ3v) is 5.20. The molecule has 0 spiro atoms. The van der Waals surface area contributed by atoms with E-state index in [0.717, 1.165) is 11.3 Å². The smallest absolute Gasteiger partial charge is 0.245 e. The summed E-state index contributed by atoms with van der Waals surface area (Å²) >= 11 is 11.9. The number of benzene rings is 1. The van der Waals surface area contributed by atoms with E-state index in [0.29, 0.717) is 11.5 Å². The zero-order valence-corrected chi connectivity index (χ0v) is 15.8. The lowest BCUT2D eigenvalue weighted by Crippen LogP contribution is -2.00. The van der Waals surface area contributed by atoms with Crippen molar-refractivity contribution in [3.05, 3.63) is 56.5 Å². The van der Waals surface area contributed by atoms with Gasteiger partial charge in [0.05, 0.1) is 15.6 Å². The first kappa shape index (κ1) is 17.1. The van der Waals surface area contributed by atoms with Gasteiger partial charge in [-0.1, -0.05) is 37.0 Å². The van der Waals surface area contributed by atoms with Gasteiger partial charge in [-0.25, -0.2) is 0 Å². The molecule has 0 amide bonds. The van der Waals surface area contributed by atoms with Crippen molar-refractivity contribution in [2.75, 3.05) is 0 Å². The van der Waals surface area contributed by atoms with Crippen molar-refractivity contribution >= 4 is 52.1 Å². The number of Topliss-reactive ketones (excluding diaryl/α,β-unsaturated/α-hetero) is 2. The normalized spacial score (nSPS) is 14.0. The number of hydrogen-bond acceptors (Lipinski definition) is 4. The van der Waals surface area contributed by atoms with Gasteiger partial charge in [0.15, 0.2) is 11.6 Å². The van der Waals surface area contributed by atoms with Crippen LogP contribution in [0.15, 0.2) is 28.2 Å². The van der Waals surface area contributed by atoms with Gasteiger partial charge in [-0.3, -0.25) is 9.59 Å². The van der Waals surface area contributed by atoms with Gasteiger partial charge in [0.25, 0.3) is 0 Å². The van der Waals surface area contributed by atoms with Crippen LogP contribution in [-0.4, -0.2) is 21.1 Å². The first-order valence-electron chi connectivity index (χ1n) is 8.04. The second kappa shape index (κ2) is 5.83. The molecule has 132 valence electrons. The summed E-state index contributed by atoms with van der Waals surface area (Å²) in [5.41, 5.74) is 1.83. The number of nitrogens with zero attached hydrogens (tertiary/aromatic N) is 2. The number of fused-ring (bicyclic) bond motifs is 2. The first-order chi connectivity index (χ1) is 12.3. The maximum absolute atomic E-state index is 12.6. The van der Waals surface area contributed by atoms with Crippen LogP contribution in [0.5, 0.6) is 0 Å². The summed E-state index contributed by atoms with van der Waals surface area (Å²) in [5.74, 6) is 0.781. The van der Waals surface area contributed by atoms with Crippen LogP contribution in [0.2, 0.25) is 10.0 Å². The Hall–Kier alpha value is -2.37. The van der Waals surface area contributed by atoms with Crippen LogP contribution in [-0.2, 0) is 7.05 Å². The number of ketones is 2. The highest BCUT2D eigenvalue weighted by Gasteiger charge is 2.34. The fourth-order valence-electron chi connectivity index (χ4n) is 3.19. The van der Waals surface area contributed by atoms with E-state index < -0.39 is 0 Å². The van der Waals surface area contributed by atoms with Crippen LogP contribution in [0, 0.1) is 0 Å². The minimum Gasteiger partial charge on any atom is -0.437 e. The van der Waals surface area contributed by atoms with E-state index in [1.165, 1.54) is 18.2 Å². The van der Waals surface area contributed by atoms with Crippen molar-refractivity contribution in [2.45, 2.75) is 19.8 Å². The second-order valence-electron chi connectivity index (χ2n) is 6.55. The maximum atomic E-state index is 12.6. The minimum absolute atomic E-state index is 0.0291. The summed E-state index contributed by atoms with van der Waals surface area (Å²) in [7, 11) is 1.91. The standard InChI is InChI=1S/C19H14Cl2N2O3/c1-8(2)18-22-19-15(23(18)3)5-9(26-19)4-12-16(24)10-6-13(20)14(21)7-11(10)17(12)25/h4-8H,1-3H3. The number of aryl methyl sites for hydroxylation is 1. The average Bonchev–Trinajstić information content (AvgIpc) is 3.18. The number of imidazole rings is 1. The molecule has 7 heteroatoms. The molecule has 0 aliphatic heterocycles. The van der Waals surface area contributed by atoms with Gasteiger partial charge >= 0.3 is 0 Å². The minimum atomic E-state index is -0.389. The molecule has 1 aliphatic carbocycles. The average molecular weight is 389 g/mol. The lowest BCUT2D eigenvalue weighted by Gasteiger charge is -2.03. The van der Waals surface area contributed by atoms with Crippen LogP contribution >= 0.6 is 23.2 Å². The molecule has 0 saturated carbocycles. The molecule has 3 aromatic rings. The van der Waals surface area contributed by atoms with Crippen LogP contribution in [0.1, 0.15) is 52.1 Å². The molecular formula is C19H14Cl2N2O3. The second-order valence-corrected chi connectivity index (χ2v) is 7.37. The van der Waals surface area contributed by atoms with Gasteiger partial charge in [-0.05, 0) is 18.2 Å². The van der Waals surface area contributed by atoms with Crippen molar-refractivity contribution in [1.29, 1.82) is 0 Å². The molecule has 0 saturated heterocycles. The molecule has 0 N–H and O–H groups in total. The number of carbonyl (C=O) groups excluding carboxylic acids is 2. The van der Waals surface area contributed by atoms with Crippen molar-refractivity contribution in [3.63, 3.8) is 0 Å². The summed E-state index contributed by atoms with van der Waals surface area (Å²) in [4.78, 5) is 29.6. The Bertz CT molecular complexity index is 1090. The molecule has 0 atom stereocenters. The number of carbonyl (C=O) groups is 2. The molecule has 1 aromatic carbocycles. The highest BCUT2D eigenvalue weighted by Crippen LogP contribution is 2.34. The summed E-state index contributed by atoms with van der Waals surface area (Å²) in [6.07, 6.45) is 1.45. The number of furan rings is 1. The van der Waals surface area contributed by atoms with Crippen LogP contribution in [0.3, 0.4) is 0 Å². The predicted octanol–water partition coefficient (Wildman–Crippen LogP) is 5.06. The Morgan fingerprint density at radius 1 is 1.08 bits per heavy atom. The highest BCUT2D eigenvalue weighted by atomic mass is 35.5. The zero-order chi connectivity index (χ0) is 18.7. The van der Waals surface area contributed by atoms with Gasteiger partial charge < -0.3 is 8.98 Å². The molecule has 0 unspecified atom stereocenters. The Kier molecular flexibility index (Phi) is 3.82. The van der Waals surface area contributed by atoms with Crippen molar-refractivity contribution in [3.8, 4) is 0 Å². The number of rotatable bonds is 2. The molecular weight excluding hydrogens is 375 g/mol. The molecule has 0 radical (unpaired) electrons.